The average molecular weight is 217 g/mol. The number of anilines is 1. The van der Waals surface area contributed by atoms with E-state index in [1.807, 2.05) is 24.3 Å². The molecule has 0 aliphatic carbocycles. The average Bonchev–Trinajstić information content (AvgIpc) is 2.39. The van der Waals surface area contributed by atoms with Crippen LogP contribution in [0, 0.1) is 0 Å². The molecule has 0 N–H and O–H groups in total. The first kappa shape index (κ1) is 10.9. The van der Waals surface area contributed by atoms with Gasteiger partial charge < -0.3 is 9.64 Å². The fourth-order valence-corrected chi connectivity index (χ4v) is 1.87. The van der Waals surface area contributed by atoms with E-state index in [-0.39, 0.29) is 5.78 Å². The molecule has 1 heterocycles. The Morgan fingerprint density at radius 2 is 2.00 bits per heavy atom. The van der Waals surface area contributed by atoms with Gasteiger partial charge in [-0.15, -0.1) is 0 Å². The van der Waals surface area contributed by atoms with E-state index >= 15 is 0 Å². The third-order valence-corrected chi connectivity index (χ3v) is 2.71. The Hall–Kier alpha value is -1.61. The summed E-state index contributed by atoms with van der Waals surface area (Å²) in [5, 5.41) is 0. The summed E-state index contributed by atoms with van der Waals surface area (Å²) in [4.78, 5) is 13.9. The van der Waals surface area contributed by atoms with Crippen molar-refractivity contribution in [2.45, 2.75) is 0 Å². The van der Waals surface area contributed by atoms with Crippen LogP contribution >= 0.6 is 0 Å². The van der Waals surface area contributed by atoms with Gasteiger partial charge in [0.15, 0.2) is 5.78 Å². The summed E-state index contributed by atoms with van der Waals surface area (Å²) in [6.45, 7) is 6.64. The molecular formula is C13H15NO2. The number of carbonyl (C=O) groups is 1. The molecule has 2 rings (SSSR count). The van der Waals surface area contributed by atoms with E-state index in [0.717, 1.165) is 37.6 Å². The van der Waals surface area contributed by atoms with E-state index in [0.29, 0.717) is 0 Å². The van der Waals surface area contributed by atoms with Gasteiger partial charge in [-0.1, -0.05) is 18.7 Å². The van der Waals surface area contributed by atoms with Gasteiger partial charge in [0.05, 0.1) is 13.2 Å². The molecule has 0 atom stereocenters. The lowest BCUT2D eigenvalue weighted by atomic mass is 10.1. The number of ketones is 1. The number of hydrogen-bond donors (Lipinski definition) is 0. The molecule has 3 nitrogen and oxygen atoms in total. The van der Waals surface area contributed by atoms with Crippen LogP contribution in [0.1, 0.15) is 10.4 Å². The van der Waals surface area contributed by atoms with E-state index in [4.69, 9.17) is 4.74 Å². The third kappa shape index (κ3) is 2.14. The van der Waals surface area contributed by atoms with Crippen LogP contribution in [-0.4, -0.2) is 32.1 Å². The van der Waals surface area contributed by atoms with E-state index in [1.54, 1.807) is 0 Å². The Morgan fingerprint density at radius 3 is 2.69 bits per heavy atom. The first-order valence-corrected chi connectivity index (χ1v) is 5.41. The maximum atomic E-state index is 11.7. The minimum absolute atomic E-state index is 0.0258. The lowest BCUT2D eigenvalue weighted by Crippen LogP contribution is -2.37. The standard InChI is InChI=1S/C13H15NO2/c1-2-13(15)11-5-3-4-6-12(11)14-7-9-16-10-8-14/h2-6H,1,7-10H2. The van der Waals surface area contributed by atoms with Crippen molar-refractivity contribution in [3.8, 4) is 0 Å². The molecule has 84 valence electrons. The van der Waals surface area contributed by atoms with Gasteiger partial charge in [0.1, 0.15) is 0 Å². The van der Waals surface area contributed by atoms with Crippen molar-refractivity contribution >= 4 is 11.5 Å². The summed E-state index contributed by atoms with van der Waals surface area (Å²) in [5.74, 6) is -0.0258. The van der Waals surface area contributed by atoms with Crippen LogP contribution in [0.5, 0.6) is 0 Å². The molecule has 0 saturated carbocycles. The number of para-hydroxylation sites is 1. The van der Waals surface area contributed by atoms with Crippen molar-refractivity contribution in [2.75, 3.05) is 31.2 Å². The second-order valence-electron chi connectivity index (χ2n) is 3.68. The predicted molar refractivity (Wildman–Crippen MR) is 64.0 cm³/mol. The molecule has 1 aliphatic rings. The predicted octanol–water partition coefficient (Wildman–Crippen LogP) is 1.89. The fourth-order valence-electron chi connectivity index (χ4n) is 1.87. The molecule has 0 bridgehead atoms. The summed E-state index contributed by atoms with van der Waals surface area (Å²) in [6, 6.07) is 7.64. The molecule has 0 amide bonds. The van der Waals surface area contributed by atoms with Crippen molar-refractivity contribution in [1.29, 1.82) is 0 Å². The lowest BCUT2D eigenvalue weighted by Gasteiger charge is -2.30. The first-order valence-electron chi connectivity index (χ1n) is 5.41. The summed E-state index contributed by atoms with van der Waals surface area (Å²) in [6.07, 6.45) is 1.36. The molecule has 0 radical (unpaired) electrons. The van der Waals surface area contributed by atoms with Crippen LogP contribution in [0.3, 0.4) is 0 Å². The number of nitrogens with zero attached hydrogens (tertiary/aromatic N) is 1. The first-order chi connectivity index (χ1) is 7.83. The van der Waals surface area contributed by atoms with E-state index < -0.39 is 0 Å². The Labute approximate surface area is 95.3 Å². The largest absolute Gasteiger partial charge is 0.378 e. The normalized spacial score (nSPS) is 15.9. The van der Waals surface area contributed by atoms with Gasteiger partial charge in [-0.2, -0.15) is 0 Å². The number of benzene rings is 1. The van der Waals surface area contributed by atoms with E-state index in [1.165, 1.54) is 6.08 Å². The molecule has 1 fully saturated rings. The quantitative estimate of drug-likeness (QED) is 0.572. The maximum Gasteiger partial charge on any atom is 0.187 e. The Balaban J connectivity index is 2.31. The maximum absolute atomic E-state index is 11.7. The smallest absolute Gasteiger partial charge is 0.187 e. The van der Waals surface area contributed by atoms with Crippen molar-refractivity contribution < 1.29 is 9.53 Å². The summed E-state index contributed by atoms with van der Waals surface area (Å²) < 4.78 is 5.30. The topological polar surface area (TPSA) is 29.5 Å². The molecule has 3 heteroatoms. The van der Waals surface area contributed by atoms with Crippen LogP contribution in [0.25, 0.3) is 0 Å². The zero-order chi connectivity index (χ0) is 11.4. The number of ether oxygens (including phenoxy) is 1. The molecule has 0 aromatic heterocycles. The van der Waals surface area contributed by atoms with Gasteiger partial charge in [-0.3, -0.25) is 4.79 Å². The van der Waals surface area contributed by atoms with Gasteiger partial charge in [0.2, 0.25) is 0 Å². The van der Waals surface area contributed by atoms with Crippen LogP contribution in [-0.2, 0) is 4.74 Å². The molecule has 0 spiro atoms. The monoisotopic (exact) mass is 217 g/mol. The minimum atomic E-state index is -0.0258. The SMILES string of the molecule is C=CC(=O)c1ccccc1N1CCOCC1. The molecule has 1 aliphatic heterocycles. The van der Waals surface area contributed by atoms with Gasteiger partial charge in [-0.25, -0.2) is 0 Å². The van der Waals surface area contributed by atoms with Crippen LogP contribution < -0.4 is 4.90 Å². The highest BCUT2D eigenvalue weighted by atomic mass is 16.5. The Bertz CT molecular complexity index is 395. The zero-order valence-corrected chi connectivity index (χ0v) is 9.19. The van der Waals surface area contributed by atoms with Crippen molar-refractivity contribution in [2.24, 2.45) is 0 Å². The van der Waals surface area contributed by atoms with E-state index in [9.17, 15) is 4.79 Å². The summed E-state index contributed by atoms with van der Waals surface area (Å²) in [7, 11) is 0. The third-order valence-electron chi connectivity index (χ3n) is 2.71. The highest BCUT2D eigenvalue weighted by Gasteiger charge is 2.16. The number of rotatable bonds is 3. The Kier molecular flexibility index (Phi) is 3.37. The lowest BCUT2D eigenvalue weighted by molar-refractivity contribution is 0.104. The highest BCUT2D eigenvalue weighted by molar-refractivity contribution is 6.08. The number of hydrogen-bond acceptors (Lipinski definition) is 3. The number of morpholine rings is 1. The van der Waals surface area contributed by atoms with Gasteiger partial charge in [0.25, 0.3) is 0 Å². The molecule has 16 heavy (non-hydrogen) atoms. The highest BCUT2D eigenvalue weighted by Crippen LogP contribution is 2.22. The molecular weight excluding hydrogens is 202 g/mol. The van der Waals surface area contributed by atoms with Crippen molar-refractivity contribution in [1.82, 2.24) is 0 Å². The van der Waals surface area contributed by atoms with Crippen LogP contribution in [0.4, 0.5) is 5.69 Å². The van der Waals surface area contributed by atoms with Gasteiger partial charge in [0, 0.05) is 24.3 Å². The van der Waals surface area contributed by atoms with Crippen molar-refractivity contribution in [3.05, 3.63) is 42.5 Å². The van der Waals surface area contributed by atoms with Crippen molar-refractivity contribution in [3.63, 3.8) is 0 Å². The molecule has 0 unspecified atom stereocenters. The van der Waals surface area contributed by atoms with Crippen LogP contribution in [0.15, 0.2) is 36.9 Å². The second kappa shape index (κ2) is 4.94. The molecule has 1 aromatic rings. The number of allylic oxidation sites excluding steroid dienone is 1. The summed E-state index contributed by atoms with van der Waals surface area (Å²) >= 11 is 0. The van der Waals surface area contributed by atoms with Gasteiger partial charge >= 0.3 is 0 Å². The van der Waals surface area contributed by atoms with E-state index in [2.05, 4.69) is 11.5 Å². The van der Waals surface area contributed by atoms with Crippen LogP contribution in [0.2, 0.25) is 0 Å². The number of carbonyl (C=O) groups excluding carboxylic acids is 1. The van der Waals surface area contributed by atoms with Gasteiger partial charge in [-0.05, 0) is 18.2 Å². The second-order valence-corrected chi connectivity index (χ2v) is 3.68. The summed E-state index contributed by atoms with van der Waals surface area (Å²) in [5.41, 5.74) is 1.70. The fraction of sp³-hybridized carbons (Fsp3) is 0.308. The zero-order valence-electron chi connectivity index (χ0n) is 9.19. The molecule has 1 aromatic carbocycles. The Morgan fingerprint density at radius 1 is 1.31 bits per heavy atom. The molecule has 1 saturated heterocycles. The minimum Gasteiger partial charge on any atom is -0.378 e.